The fraction of sp³-hybridized carbons (Fsp3) is 0.500. The first-order valence-corrected chi connectivity index (χ1v) is 7.39. The smallest absolute Gasteiger partial charge is 0.319 e. The van der Waals surface area contributed by atoms with Crippen LogP contribution in [0.5, 0.6) is 0 Å². The first-order chi connectivity index (χ1) is 10.0. The average molecular weight is 292 g/mol. The van der Waals surface area contributed by atoms with Crippen LogP contribution in [-0.2, 0) is 11.2 Å². The van der Waals surface area contributed by atoms with Crippen molar-refractivity contribution in [1.29, 1.82) is 0 Å². The molecule has 0 heterocycles. The topological polar surface area (TPSA) is 78.4 Å². The number of urea groups is 1. The van der Waals surface area contributed by atoms with Crippen LogP contribution in [0.3, 0.4) is 0 Å². The third-order valence-electron chi connectivity index (χ3n) is 3.33. The van der Waals surface area contributed by atoms with Crippen molar-refractivity contribution >= 4 is 17.7 Å². The number of amides is 2. The summed E-state index contributed by atoms with van der Waals surface area (Å²) in [6.07, 6.45) is 3.30. The SMILES string of the molecule is CCc1cccc(C)c1NC(=O)NCCCCCC(=O)O. The number of aryl methyl sites for hydroxylation is 2. The summed E-state index contributed by atoms with van der Waals surface area (Å²) < 4.78 is 0. The summed E-state index contributed by atoms with van der Waals surface area (Å²) in [5.74, 6) is -0.771. The number of anilines is 1. The first-order valence-electron chi connectivity index (χ1n) is 7.39. The van der Waals surface area contributed by atoms with Gasteiger partial charge in [-0.1, -0.05) is 31.5 Å². The number of unbranched alkanes of at least 4 members (excludes halogenated alkanes) is 2. The van der Waals surface area contributed by atoms with Gasteiger partial charge in [0.15, 0.2) is 0 Å². The number of carbonyl (C=O) groups excluding carboxylic acids is 1. The van der Waals surface area contributed by atoms with Crippen molar-refractivity contribution < 1.29 is 14.7 Å². The second-order valence-corrected chi connectivity index (χ2v) is 5.05. The van der Waals surface area contributed by atoms with Gasteiger partial charge in [0.2, 0.25) is 0 Å². The minimum Gasteiger partial charge on any atom is -0.481 e. The van der Waals surface area contributed by atoms with Crippen LogP contribution in [0.2, 0.25) is 0 Å². The maximum Gasteiger partial charge on any atom is 0.319 e. The number of carbonyl (C=O) groups is 2. The predicted molar refractivity (Wildman–Crippen MR) is 83.7 cm³/mol. The lowest BCUT2D eigenvalue weighted by atomic mass is 10.1. The van der Waals surface area contributed by atoms with E-state index in [-0.39, 0.29) is 12.5 Å². The van der Waals surface area contributed by atoms with Gasteiger partial charge in [0, 0.05) is 18.7 Å². The standard InChI is InChI=1S/C16H24N2O3/c1-3-13-9-7-8-12(2)15(13)18-16(21)17-11-6-4-5-10-14(19)20/h7-9H,3-6,10-11H2,1-2H3,(H,19,20)(H2,17,18,21). The summed E-state index contributed by atoms with van der Waals surface area (Å²) >= 11 is 0. The van der Waals surface area contributed by atoms with Gasteiger partial charge in [-0.3, -0.25) is 4.79 Å². The van der Waals surface area contributed by atoms with E-state index in [9.17, 15) is 9.59 Å². The molecule has 0 saturated carbocycles. The number of nitrogens with one attached hydrogen (secondary N) is 2. The molecule has 2 amide bonds. The number of carboxylic acids is 1. The molecule has 0 aliphatic carbocycles. The Morgan fingerprint density at radius 2 is 1.95 bits per heavy atom. The molecule has 0 aliphatic heterocycles. The monoisotopic (exact) mass is 292 g/mol. The molecule has 0 saturated heterocycles. The minimum atomic E-state index is -0.771. The van der Waals surface area contributed by atoms with E-state index in [2.05, 4.69) is 17.6 Å². The molecule has 0 bridgehead atoms. The Balaban J connectivity index is 2.33. The summed E-state index contributed by atoms with van der Waals surface area (Å²) in [6, 6.07) is 5.76. The predicted octanol–water partition coefficient (Wildman–Crippen LogP) is 3.32. The van der Waals surface area contributed by atoms with E-state index in [1.165, 1.54) is 0 Å². The van der Waals surface area contributed by atoms with Crippen molar-refractivity contribution in [2.24, 2.45) is 0 Å². The van der Waals surface area contributed by atoms with Crippen LogP contribution < -0.4 is 10.6 Å². The first kappa shape index (κ1) is 17.0. The van der Waals surface area contributed by atoms with Gasteiger partial charge in [0.25, 0.3) is 0 Å². The Hall–Kier alpha value is -2.04. The van der Waals surface area contributed by atoms with Crippen LogP contribution >= 0.6 is 0 Å². The molecule has 3 N–H and O–H groups in total. The van der Waals surface area contributed by atoms with Gasteiger partial charge < -0.3 is 15.7 Å². The van der Waals surface area contributed by atoms with E-state index in [1.54, 1.807) is 0 Å². The highest BCUT2D eigenvalue weighted by Crippen LogP contribution is 2.20. The molecule has 0 spiro atoms. The third kappa shape index (κ3) is 6.29. The molecular weight excluding hydrogens is 268 g/mol. The van der Waals surface area contributed by atoms with Gasteiger partial charge in [-0.2, -0.15) is 0 Å². The number of hydrogen-bond acceptors (Lipinski definition) is 2. The second-order valence-electron chi connectivity index (χ2n) is 5.05. The summed E-state index contributed by atoms with van der Waals surface area (Å²) in [4.78, 5) is 22.2. The molecule has 0 aliphatic rings. The van der Waals surface area contributed by atoms with Crippen molar-refractivity contribution in [3.63, 3.8) is 0 Å². The Kier molecular flexibility index (Phi) is 7.29. The summed E-state index contributed by atoms with van der Waals surface area (Å²) in [7, 11) is 0. The molecule has 1 aromatic rings. The zero-order valence-electron chi connectivity index (χ0n) is 12.7. The van der Waals surface area contributed by atoms with Crippen LogP contribution in [0.1, 0.15) is 43.7 Å². The van der Waals surface area contributed by atoms with Crippen molar-refractivity contribution in [3.8, 4) is 0 Å². The van der Waals surface area contributed by atoms with Crippen molar-refractivity contribution in [1.82, 2.24) is 5.32 Å². The van der Waals surface area contributed by atoms with E-state index in [1.807, 2.05) is 25.1 Å². The summed E-state index contributed by atoms with van der Waals surface area (Å²) in [6.45, 7) is 4.58. The van der Waals surface area contributed by atoms with E-state index in [0.29, 0.717) is 13.0 Å². The maximum atomic E-state index is 11.9. The van der Waals surface area contributed by atoms with Crippen LogP contribution in [0, 0.1) is 6.92 Å². The highest BCUT2D eigenvalue weighted by atomic mass is 16.4. The van der Waals surface area contributed by atoms with Crippen LogP contribution in [0.4, 0.5) is 10.5 Å². The molecule has 0 unspecified atom stereocenters. The zero-order valence-corrected chi connectivity index (χ0v) is 12.7. The largest absolute Gasteiger partial charge is 0.481 e. The molecule has 1 aromatic carbocycles. The normalized spacial score (nSPS) is 10.2. The molecule has 5 nitrogen and oxygen atoms in total. The molecule has 21 heavy (non-hydrogen) atoms. The lowest BCUT2D eigenvalue weighted by Crippen LogP contribution is -2.30. The number of aliphatic carboxylic acids is 1. The number of rotatable bonds is 8. The molecule has 1 rings (SSSR count). The Morgan fingerprint density at radius 1 is 1.19 bits per heavy atom. The lowest BCUT2D eigenvalue weighted by molar-refractivity contribution is -0.137. The maximum absolute atomic E-state index is 11.9. The van der Waals surface area contributed by atoms with Gasteiger partial charge in [0.1, 0.15) is 0 Å². The van der Waals surface area contributed by atoms with Crippen molar-refractivity contribution in [2.75, 3.05) is 11.9 Å². The second kappa shape index (κ2) is 9.00. The highest BCUT2D eigenvalue weighted by molar-refractivity contribution is 5.91. The molecule has 0 aromatic heterocycles. The molecular formula is C16H24N2O3. The molecule has 0 radical (unpaired) electrons. The number of carboxylic acid groups (broad SMARTS) is 1. The number of hydrogen-bond donors (Lipinski definition) is 3. The van der Waals surface area contributed by atoms with Crippen LogP contribution in [-0.4, -0.2) is 23.7 Å². The van der Waals surface area contributed by atoms with Crippen molar-refractivity contribution in [3.05, 3.63) is 29.3 Å². The van der Waals surface area contributed by atoms with Crippen molar-refractivity contribution in [2.45, 2.75) is 46.0 Å². The lowest BCUT2D eigenvalue weighted by Gasteiger charge is -2.13. The summed E-state index contributed by atoms with van der Waals surface area (Å²) in [5, 5.41) is 14.2. The Labute approximate surface area is 125 Å². The average Bonchev–Trinajstić information content (AvgIpc) is 2.44. The zero-order chi connectivity index (χ0) is 15.7. The van der Waals surface area contributed by atoms with E-state index in [4.69, 9.17) is 5.11 Å². The van der Waals surface area contributed by atoms with E-state index < -0.39 is 5.97 Å². The fourth-order valence-corrected chi connectivity index (χ4v) is 2.14. The van der Waals surface area contributed by atoms with Gasteiger partial charge in [-0.15, -0.1) is 0 Å². The van der Waals surface area contributed by atoms with Gasteiger partial charge in [-0.25, -0.2) is 4.79 Å². The van der Waals surface area contributed by atoms with E-state index >= 15 is 0 Å². The number of benzene rings is 1. The highest BCUT2D eigenvalue weighted by Gasteiger charge is 2.07. The van der Waals surface area contributed by atoms with Crippen LogP contribution in [0.25, 0.3) is 0 Å². The Bertz CT molecular complexity index is 486. The van der Waals surface area contributed by atoms with Gasteiger partial charge in [0.05, 0.1) is 0 Å². The van der Waals surface area contributed by atoms with E-state index in [0.717, 1.165) is 36.1 Å². The minimum absolute atomic E-state index is 0.190. The Morgan fingerprint density at radius 3 is 2.62 bits per heavy atom. The number of para-hydroxylation sites is 1. The molecule has 0 atom stereocenters. The quantitative estimate of drug-likeness (QED) is 0.643. The molecule has 116 valence electrons. The van der Waals surface area contributed by atoms with Gasteiger partial charge >= 0.3 is 12.0 Å². The molecule has 0 fully saturated rings. The third-order valence-corrected chi connectivity index (χ3v) is 3.33. The van der Waals surface area contributed by atoms with Gasteiger partial charge in [-0.05, 0) is 37.3 Å². The molecule has 5 heteroatoms. The van der Waals surface area contributed by atoms with Crippen LogP contribution in [0.15, 0.2) is 18.2 Å². The fourth-order valence-electron chi connectivity index (χ4n) is 2.14. The summed E-state index contributed by atoms with van der Waals surface area (Å²) in [5.41, 5.74) is 3.04.